The van der Waals surface area contributed by atoms with Gasteiger partial charge in [0.2, 0.25) is 0 Å². The standard InChI is InChI=1S/C21H25.C5H5.C3H6.2ClH.Hf/c1-20(2,3)16-7-9-18-14(12-16)11-15-13-17(21(4,5)6)8-10-19(15)18;1-2-4-5-3-1;1-3-2;;;/h7-10,12H,11H2,1-6H3;1-5H;1-2H3;2*1H;/q;;;;;+2/p-2. The van der Waals surface area contributed by atoms with E-state index < -0.39 is 21.0 Å². The first-order valence-corrected chi connectivity index (χ1v) is 17.0. The molecule has 0 fully saturated rings. The Morgan fingerprint density at radius 2 is 1.41 bits per heavy atom. The molecule has 0 spiro atoms. The largest absolute Gasteiger partial charge is 1.00 e. The fourth-order valence-electron chi connectivity index (χ4n) is 5.05. The van der Waals surface area contributed by atoms with Crippen molar-refractivity contribution in [1.29, 1.82) is 0 Å². The van der Waals surface area contributed by atoms with Crippen LogP contribution in [-0.4, -0.2) is 3.26 Å². The predicted octanol–water partition coefficient (Wildman–Crippen LogP) is 1.23. The number of hydrogen-bond donors (Lipinski definition) is 0. The summed E-state index contributed by atoms with van der Waals surface area (Å²) in [5.74, 6) is 0. The molecule has 0 aliphatic heterocycles. The molecule has 0 N–H and O–H groups in total. The second kappa shape index (κ2) is 9.85. The second-order valence-corrected chi connectivity index (χ2v) is 22.0. The maximum atomic E-state index is 2.48. The van der Waals surface area contributed by atoms with E-state index >= 15 is 0 Å². The van der Waals surface area contributed by atoms with E-state index in [1.54, 1.807) is 17.7 Å². The van der Waals surface area contributed by atoms with E-state index in [9.17, 15) is 0 Å². The van der Waals surface area contributed by atoms with Gasteiger partial charge in [-0.1, -0.05) is 0 Å². The van der Waals surface area contributed by atoms with Gasteiger partial charge >= 0.3 is 192 Å². The molecule has 0 heterocycles. The van der Waals surface area contributed by atoms with E-state index in [1.165, 1.54) is 22.3 Å². The molecule has 0 aromatic heterocycles. The smallest absolute Gasteiger partial charge is 1.00 e. The molecule has 170 valence electrons. The van der Waals surface area contributed by atoms with Crippen LogP contribution in [0.25, 0.3) is 11.1 Å². The van der Waals surface area contributed by atoms with Crippen molar-refractivity contribution >= 4 is 6.58 Å². The van der Waals surface area contributed by atoms with Gasteiger partial charge in [0.15, 0.2) is 0 Å². The Morgan fingerprint density at radius 3 is 1.94 bits per heavy atom. The van der Waals surface area contributed by atoms with E-state index in [0.717, 1.165) is 6.42 Å². The third-order valence-corrected chi connectivity index (χ3v) is 18.3. The third-order valence-electron chi connectivity index (χ3n) is 6.64. The number of benzene rings is 2. The molecule has 32 heavy (non-hydrogen) atoms. The van der Waals surface area contributed by atoms with Gasteiger partial charge in [0.05, 0.1) is 0 Å². The number of rotatable bonds is 2. The van der Waals surface area contributed by atoms with Gasteiger partial charge in [0.1, 0.15) is 0 Å². The van der Waals surface area contributed by atoms with Crippen LogP contribution in [0.4, 0.5) is 0 Å². The topological polar surface area (TPSA) is 0 Å². The van der Waals surface area contributed by atoms with Gasteiger partial charge in [0.25, 0.3) is 0 Å². The summed E-state index contributed by atoms with van der Waals surface area (Å²) >= 11 is -2.28. The van der Waals surface area contributed by atoms with Crippen LogP contribution < -0.4 is 28.1 Å². The molecule has 0 nitrogen and oxygen atoms in total. The maximum absolute atomic E-state index is 2.48. The van der Waals surface area contributed by atoms with E-state index in [2.05, 4.69) is 110 Å². The molecule has 0 radical (unpaired) electrons. The predicted molar refractivity (Wildman–Crippen MR) is 130 cm³/mol. The van der Waals surface area contributed by atoms with Gasteiger partial charge in [-0.2, -0.15) is 0 Å². The molecule has 0 amide bonds. The maximum Gasteiger partial charge on any atom is -1.00 e. The molecule has 3 heteroatoms. The molecule has 2 aromatic rings. The number of allylic oxidation sites excluding steroid dienone is 4. The van der Waals surface area contributed by atoms with Crippen molar-refractivity contribution < 1.29 is 45.8 Å². The van der Waals surface area contributed by atoms with Gasteiger partial charge in [0, 0.05) is 0 Å². The van der Waals surface area contributed by atoms with Crippen molar-refractivity contribution in [2.75, 3.05) is 0 Å². The van der Waals surface area contributed by atoms with Crippen molar-refractivity contribution in [2.24, 2.45) is 0 Å². The van der Waals surface area contributed by atoms with Crippen molar-refractivity contribution in [1.82, 2.24) is 0 Å². The van der Waals surface area contributed by atoms with Crippen LogP contribution in [0.15, 0.2) is 54.6 Å². The molecular formula is C29H36Cl2Hf. The van der Waals surface area contributed by atoms with Gasteiger partial charge < -0.3 is 24.8 Å². The van der Waals surface area contributed by atoms with E-state index in [1.807, 2.05) is 0 Å². The summed E-state index contributed by atoms with van der Waals surface area (Å²) in [7, 11) is 0. The monoisotopic (exact) mass is 634 g/mol. The van der Waals surface area contributed by atoms with Gasteiger partial charge in [-0.05, 0) is 0 Å². The Hall–Kier alpha value is -0.760. The molecule has 2 aliphatic carbocycles. The summed E-state index contributed by atoms with van der Waals surface area (Å²) in [5, 5.41) is 0. The van der Waals surface area contributed by atoms with Crippen molar-refractivity contribution in [3.05, 3.63) is 76.9 Å². The molecule has 0 unspecified atom stereocenters. The minimum absolute atomic E-state index is 0. The summed E-state index contributed by atoms with van der Waals surface area (Å²) in [6.07, 6.45) is 10.6. The van der Waals surface area contributed by atoms with Crippen LogP contribution in [0.5, 0.6) is 0 Å². The quantitative estimate of drug-likeness (QED) is 0.373. The summed E-state index contributed by atoms with van der Waals surface area (Å²) in [6, 6.07) is 12.1. The average Bonchev–Trinajstić information content (AvgIpc) is 3.27. The SMILES string of the molecule is C[C](C)=[Hf+2]([c]1c(C(C)(C)C)ccc2c1Cc1cc(C(C)(C)C)ccc1-2)[CH]1C=CC=C1.[Cl-].[Cl-]. The third kappa shape index (κ3) is 5.01. The minimum Gasteiger partial charge on any atom is -1.00 e. The van der Waals surface area contributed by atoms with Crippen molar-refractivity contribution in [3.8, 4) is 11.1 Å². The molecule has 0 atom stereocenters. The molecule has 4 rings (SSSR count). The van der Waals surface area contributed by atoms with Gasteiger partial charge in [-0.25, -0.2) is 0 Å². The zero-order valence-corrected chi connectivity index (χ0v) is 25.8. The minimum atomic E-state index is -2.28. The Labute approximate surface area is 215 Å². The van der Waals surface area contributed by atoms with Crippen LogP contribution >= 0.6 is 0 Å². The van der Waals surface area contributed by atoms with Gasteiger partial charge in [-0.15, -0.1) is 0 Å². The summed E-state index contributed by atoms with van der Waals surface area (Å²) < 4.78 is 4.17. The van der Waals surface area contributed by atoms with E-state index in [0.29, 0.717) is 3.67 Å². The van der Waals surface area contributed by atoms with Gasteiger partial charge in [-0.3, -0.25) is 0 Å². The van der Waals surface area contributed by atoms with E-state index in [-0.39, 0.29) is 35.6 Å². The van der Waals surface area contributed by atoms with Crippen LogP contribution in [0.2, 0.25) is 3.67 Å². The summed E-state index contributed by atoms with van der Waals surface area (Å²) in [4.78, 5) is 0. The Bertz CT molecular complexity index is 1090. The van der Waals surface area contributed by atoms with E-state index in [4.69, 9.17) is 0 Å². The Kier molecular flexibility index (Phi) is 8.46. The fraction of sp³-hybridized carbons (Fsp3) is 0.414. The Morgan fingerprint density at radius 1 is 0.812 bits per heavy atom. The number of halogens is 2. The second-order valence-electron chi connectivity index (χ2n) is 11.3. The number of hydrogen-bond acceptors (Lipinski definition) is 0. The first-order valence-electron chi connectivity index (χ1n) is 11.3. The zero-order valence-electron chi connectivity index (χ0n) is 20.7. The zero-order chi connectivity index (χ0) is 21.8. The number of fused-ring (bicyclic) bond motifs is 3. The van der Waals surface area contributed by atoms with Crippen molar-refractivity contribution in [3.63, 3.8) is 0 Å². The fourth-order valence-corrected chi connectivity index (χ4v) is 17.3. The molecular weight excluding hydrogens is 598 g/mol. The molecule has 2 aliphatic rings. The molecule has 2 aromatic carbocycles. The first kappa shape index (κ1) is 27.5. The van der Waals surface area contributed by atoms with Crippen molar-refractivity contribution in [2.45, 2.75) is 76.3 Å². The van der Waals surface area contributed by atoms with Crippen LogP contribution in [0.1, 0.15) is 77.6 Å². The molecule has 0 saturated heterocycles. The normalized spacial score (nSPS) is 14.2. The summed E-state index contributed by atoms with van der Waals surface area (Å²) in [6.45, 7) is 19.0. The Balaban J connectivity index is 0.00000181. The van der Waals surface area contributed by atoms with Crippen LogP contribution in [0.3, 0.4) is 0 Å². The molecule has 0 bridgehead atoms. The molecule has 0 saturated carbocycles. The first-order chi connectivity index (χ1) is 14.0. The average molecular weight is 634 g/mol. The summed E-state index contributed by atoms with van der Waals surface area (Å²) in [5.41, 5.74) is 9.57. The van der Waals surface area contributed by atoms with Crippen LogP contribution in [-0.2, 0) is 38.2 Å². The van der Waals surface area contributed by atoms with Crippen LogP contribution in [0, 0.1) is 0 Å².